The molecule has 5 nitrogen and oxygen atoms in total. The maximum absolute atomic E-state index is 12.1. The summed E-state index contributed by atoms with van der Waals surface area (Å²) in [4.78, 5) is 13.1. The van der Waals surface area contributed by atoms with Crippen LogP contribution in [0.3, 0.4) is 0 Å². The zero-order valence-electron chi connectivity index (χ0n) is 11.9. The second-order valence-corrected chi connectivity index (χ2v) is 5.42. The Hall–Kier alpha value is -2.10. The molecule has 110 valence electrons. The number of carbonyl (C=O) groups is 1. The number of hydrogen-bond donors (Lipinski definition) is 2. The molecular weight excluding hydrogens is 288 g/mol. The molecule has 0 aromatic carbocycles. The topological polar surface area (TPSA) is 75.4 Å². The van der Waals surface area contributed by atoms with Gasteiger partial charge >= 0.3 is 0 Å². The lowest BCUT2D eigenvalue weighted by atomic mass is 10.2. The van der Waals surface area contributed by atoms with Crippen LogP contribution in [-0.4, -0.2) is 22.8 Å². The van der Waals surface area contributed by atoms with E-state index in [1.165, 1.54) is 11.3 Å². The Morgan fingerprint density at radius 2 is 2.33 bits per heavy atom. The molecule has 2 aromatic heterocycles. The summed E-state index contributed by atoms with van der Waals surface area (Å²) in [6, 6.07) is 1.91. The van der Waals surface area contributed by atoms with Crippen LogP contribution in [0.25, 0.3) is 0 Å². The zero-order chi connectivity index (χ0) is 15.2. The minimum atomic E-state index is -0.200. The Balaban J connectivity index is 2.03. The lowest BCUT2D eigenvalue weighted by Crippen LogP contribution is -2.23. The number of nitrogens with one attached hydrogen (secondary N) is 1. The average molecular weight is 304 g/mol. The van der Waals surface area contributed by atoms with E-state index < -0.39 is 0 Å². The van der Waals surface area contributed by atoms with Crippen molar-refractivity contribution in [2.45, 2.75) is 26.8 Å². The Kier molecular flexibility index (Phi) is 5.14. The number of nitrogens with zero attached hydrogens (tertiary/aromatic N) is 1. The molecule has 0 aliphatic heterocycles. The summed E-state index contributed by atoms with van der Waals surface area (Å²) in [5, 5.41) is 17.3. The summed E-state index contributed by atoms with van der Waals surface area (Å²) in [5.41, 5.74) is 1.95. The minimum Gasteiger partial charge on any atom is -0.395 e. The Bertz CT molecular complexity index is 672. The number of aliphatic hydroxyl groups is 1. The molecule has 0 unspecified atom stereocenters. The van der Waals surface area contributed by atoms with Gasteiger partial charge in [0.05, 0.1) is 18.8 Å². The van der Waals surface area contributed by atoms with Gasteiger partial charge in [-0.15, -0.1) is 11.3 Å². The van der Waals surface area contributed by atoms with Crippen molar-refractivity contribution in [3.05, 3.63) is 38.9 Å². The fourth-order valence-electron chi connectivity index (χ4n) is 1.86. The first-order valence-corrected chi connectivity index (χ1v) is 7.38. The number of aromatic nitrogens is 1. The lowest BCUT2D eigenvalue weighted by Gasteiger charge is -2.03. The van der Waals surface area contributed by atoms with E-state index in [-0.39, 0.29) is 12.5 Å². The molecule has 0 saturated heterocycles. The molecule has 21 heavy (non-hydrogen) atoms. The summed E-state index contributed by atoms with van der Waals surface area (Å²) in [7, 11) is 0. The molecule has 0 aliphatic rings. The van der Waals surface area contributed by atoms with E-state index in [2.05, 4.69) is 22.3 Å². The third-order valence-corrected chi connectivity index (χ3v) is 3.80. The third kappa shape index (κ3) is 3.72. The Labute approximate surface area is 127 Å². The SMILES string of the molecule is Cc1noc(C)c1C(=O)NCc1sccc1C#CCCO. The highest BCUT2D eigenvalue weighted by Gasteiger charge is 2.17. The Morgan fingerprint density at radius 3 is 3.00 bits per heavy atom. The molecular formula is C15H16N2O3S. The number of rotatable bonds is 4. The summed E-state index contributed by atoms with van der Waals surface area (Å²) in [5.74, 6) is 6.19. The van der Waals surface area contributed by atoms with Crippen molar-refractivity contribution in [3.63, 3.8) is 0 Å². The number of amides is 1. The van der Waals surface area contributed by atoms with E-state index in [0.717, 1.165) is 10.4 Å². The molecule has 0 radical (unpaired) electrons. The molecule has 6 heteroatoms. The van der Waals surface area contributed by atoms with Crippen molar-refractivity contribution in [1.82, 2.24) is 10.5 Å². The van der Waals surface area contributed by atoms with Crippen molar-refractivity contribution in [2.24, 2.45) is 0 Å². The molecule has 0 fully saturated rings. The first-order chi connectivity index (χ1) is 10.1. The van der Waals surface area contributed by atoms with Gasteiger partial charge in [-0.05, 0) is 25.3 Å². The largest absolute Gasteiger partial charge is 0.395 e. The number of thiophene rings is 1. The predicted molar refractivity (Wildman–Crippen MR) is 80.0 cm³/mol. The van der Waals surface area contributed by atoms with E-state index in [0.29, 0.717) is 30.0 Å². The van der Waals surface area contributed by atoms with E-state index in [1.54, 1.807) is 13.8 Å². The van der Waals surface area contributed by atoms with Gasteiger partial charge in [-0.2, -0.15) is 0 Å². The van der Waals surface area contributed by atoms with Gasteiger partial charge in [0.25, 0.3) is 5.91 Å². The van der Waals surface area contributed by atoms with Crippen LogP contribution in [0.15, 0.2) is 16.0 Å². The number of carbonyl (C=O) groups excluding carboxylic acids is 1. The molecule has 2 heterocycles. The van der Waals surface area contributed by atoms with Crippen LogP contribution in [0.5, 0.6) is 0 Å². The standard InChI is InChI=1S/C15H16N2O3S/c1-10-14(11(2)20-17-10)15(19)16-9-13-12(6-8-21-13)5-3-4-7-18/h6,8,18H,4,7,9H2,1-2H3,(H,16,19). The zero-order valence-corrected chi connectivity index (χ0v) is 12.7. The van der Waals surface area contributed by atoms with Crippen molar-refractivity contribution < 1.29 is 14.4 Å². The number of hydrogen-bond acceptors (Lipinski definition) is 5. The first kappa shape index (κ1) is 15.3. The highest BCUT2D eigenvalue weighted by molar-refractivity contribution is 7.10. The summed E-state index contributed by atoms with van der Waals surface area (Å²) in [6.45, 7) is 3.91. The highest BCUT2D eigenvalue weighted by atomic mass is 32.1. The van der Waals surface area contributed by atoms with Gasteiger partial charge in [-0.1, -0.05) is 17.0 Å². The quantitative estimate of drug-likeness (QED) is 0.847. The Morgan fingerprint density at radius 1 is 1.52 bits per heavy atom. The summed E-state index contributed by atoms with van der Waals surface area (Å²) >= 11 is 1.54. The monoisotopic (exact) mass is 304 g/mol. The van der Waals surface area contributed by atoms with Gasteiger partial charge in [-0.25, -0.2) is 0 Å². The fourth-order valence-corrected chi connectivity index (χ4v) is 2.63. The molecule has 0 bridgehead atoms. The molecule has 0 aliphatic carbocycles. The smallest absolute Gasteiger partial charge is 0.257 e. The lowest BCUT2D eigenvalue weighted by molar-refractivity contribution is 0.0949. The molecule has 0 spiro atoms. The van der Waals surface area contributed by atoms with Gasteiger partial charge in [0.2, 0.25) is 0 Å². The molecule has 0 atom stereocenters. The second kappa shape index (κ2) is 7.07. The number of aliphatic hydroxyl groups excluding tert-OH is 1. The van der Waals surface area contributed by atoms with Crippen molar-refractivity contribution >= 4 is 17.2 Å². The normalized spacial score (nSPS) is 10.0. The third-order valence-electron chi connectivity index (χ3n) is 2.88. The van der Waals surface area contributed by atoms with Gasteiger partial charge in [-0.3, -0.25) is 4.79 Å². The fraction of sp³-hybridized carbons (Fsp3) is 0.333. The maximum atomic E-state index is 12.1. The van der Waals surface area contributed by atoms with Crippen LogP contribution in [0.1, 0.15) is 38.7 Å². The van der Waals surface area contributed by atoms with Gasteiger partial charge in [0.1, 0.15) is 11.3 Å². The van der Waals surface area contributed by atoms with Crippen LogP contribution in [0.2, 0.25) is 0 Å². The van der Waals surface area contributed by atoms with E-state index in [1.807, 2.05) is 11.4 Å². The molecule has 2 N–H and O–H groups in total. The van der Waals surface area contributed by atoms with Crippen LogP contribution >= 0.6 is 11.3 Å². The maximum Gasteiger partial charge on any atom is 0.257 e. The second-order valence-electron chi connectivity index (χ2n) is 4.41. The predicted octanol–water partition coefficient (Wildman–Crippen LogP) is 2.02. The molecule has 0 saturated carbocycles. The first-order valence-electron chi connectivity index (χ1n) is 6.50. The molecule has 2 aromatic rings. The molecule has 2 rings (SSSR count). The van der Waals surface area contributed by atoms with Crippen LogP contribution < -0.4 is 5.32 Å². The molecule has 1 amide bonds. The van der Waals surface area contributed by atoms with E-state index >= 15 is 0 Å². The van der Waals surface area contributed by atoms with Crippen LogP contribution in [-0.2, 0) is 6.54 Å². The number of aryl methyl sites for hydroxylation is 2. The van der Waals surface area contributed by atoms with Crippen molar-refractivity contribution in [2.75, 3.05) is 6.61 Å². The summed E-state index contributed by atoms with van der Waals surface area (Å²) in [6.07, 6.45) is 0.445. The average Bonchev–Trinajstić information content (AvgIpc) is 3.04. The van der Waals surface area contributed by atoms with Crippen LogP contribution in [0.4, 0.5) is 0 Å². The van der Waals surface area contributed by atoms with Crippen molar-refractivity contribution in [1.29, 1.82) is 0 Å². The minimum absolute atomic E-state index is 0.0508. The summed E-state index contributed by atoms with van der Waals surface area (Å²) < 4.78 is 4.99. The van der Waals surface area contributed by atoms with Gasteiger partial charge in [0, 0.05) is 16.9 Å². The van der Waals surface area contributed by atoms with Gasteiger partial charge in [0.15, 0.2) is 0 Å². The van der Waals surface area contributed by atoms with Crippen molar-refractivity contribution in [3.8, 4) is 11.8 Å². The van der Waals surface area contributed by atoms with E-state index in [9.17, 15) is 4.79 Å². The highest BCUT2D eigenvalue weighted by Crippen LogP contribution is 2.17. The van der Waals surface area contributed by atoms with Crippen LogP contribution in [0, 0.1) is 25.7 Å². The van der Waals surface area contributed by atoms with E-state index in [4.69, 9.17) is 9.63 Å². The van der Waals surface area contributed by atoms with Gasteiger partial charge < -0.3 is 14.9 Å².